The van der Waals surface area contributed by atoms with Crippen LogP contribution >= 0.6 is 24.0 Å². The van der Waals surface area contributed by atoms with E-state index in [0.717, 1.165) is 0 Å². The van der Waals surface area contributed by atoms with Gasteiger partial charge in [0.15, 0.2) is 0 Å². The molecule has 0 unspecified atom stereocenters. The van der Waals surface area contributed by atoms with Gasteiger partial charge in [-0.2, -0.15) is 0 Å². The Kier molecular flexibility index (Phi) is 4.83. The Morgan fingerprint density at radius 1 is 1.17 bits per heavy atom. The Bertz CT molecular complexity index is 889. The van der Waals surface area contributed by atoms with E-state index in [0.29, 0.717) is 27.4 Å². The van der Waals surface area contributed by atoms with E-state index >= 15 is 0 Å². The topological polar surface area (TPSA) is 101 Å². The maximum absolute atomic E-state index is 10.9. The van der Waals surface area contributed by atoms with Crippen molar-refractivity contribution in [2.75, 3.05) is 5.32 Å². The van der Waals surface area contributed by atoms with Gasteiger partial charge in [-0.05, 0) is 24.3 Å². The first kappa shape index (κ1) is 16.7. The van der Waals surface area contributed by atoms with Gasteiger partial charge in [-0.15, -0.1) is 12.4 Å². The van der Waals surface area contributed by atoms with Gasteiger partial charge in [-0.25, -0.2) is 9.97 Å². The quantitative estimate of drug-likeness (QED) is 0.418. The number of benzene rings is 2. The minimum atomic E-state index is -0.493. The SMILES string of the molecule is Cl.O=[N+]([O-])c1ccc2ncnc(Nc3cc(Cl)ccc3O)c2c1. The molecule has 23 heavy (non-hydrogen) atoms. The van der Waals surface area contributed by atoms with Crippen LogP contribution in [0.25, 0.3) is 10.9 Å². The molecule has 0 aliphatic carbocycles. The standard InChI is InChI=1S/C14H9ClN4O3.ClH/c15-8-1-4-13(20)12(5-8)18-14-10-6-9(19(21)22)2-3-11(10)16-7-17-14;/h1-7,20H,(H,16,17,18);1H. The summed E-state index contributed by atoms with van der Waals surface area (Å²) in [4.78, 5) is 18.5. The van der Waals surface area contributed by atoms with Crippen LogP contribution in [0.5, 0.6) is 5.75 Å². The highest BCUT2D eigenvalue weighted by molar-refractivity contribution is 6.31. The number of aromatic nitrogens is 2. The van der Waals surface area contributed by atoms with Crippen molar-refractivity contribution in [3.8, 4) is 5.75 Å². The van der Waals surface area contributed by atoms with E-state index in [-0.39, 0.29) is 23.8 Å². The second-order valence-electron chi connectivity index (χ2n) is 4.47. The van der Waals surface area contributed by atoms with E-state index in [1.165, 1.54) is 36.7 Å². The molecule has 0 bridgehead atoms. The van der Waals surface area contributed by atoms with Gasteiger partial charge in [-0.3, -0.25) is 10.1 Å². The minimum absolute atomic E-state index is 0. The van der Waals surface area contributed by atoms with Crippen LogP contribution in [0, 0.1) is 10.1 Å². The summed E-state index contributed by atoms with van der Waals surface area (Å²) in [7, 11) is 0. The normalized spacial score (nSPS) is 10.1. The number of phenols is 1. The molecule has 3 aromatic rings. The van der Waals surface area contributed by atoms with E-state index in [9.17, 15) is 15.2 Å². The zero-order valence-corrected chi connectivity index (χ0v) is 13.0. The van der Waals surface area contributed by atoms with Crippen LogP contribution < -0.4 is 5.32 Å². The smallest absolute Gasteiger partial charge is 0.270 e. The molecule has 7 nitrogen and oxygen atoms in total. The largest absolute Gasteiger partial charge is 0.506 e. The van der Waals surface area contributed by atoms with Crippen LogP contribution in [-0.2, 0) is 0 Å². The molecule has 1 aromatic heterocycles. The highest BCUT2D eigenvalue weighted by atomic mass is 35.5. The number of non-ortho nitro benzene ring substituents is 1. The molecule has 0 saturated heterocycles. The first-order valence-electron chi connectivity index (χ1n) is 6.19. The van der Waals surface area contributed by atoms with Crippen molar-refractivity contribution in [1.82, 2.24) is 9.97 Å². The lowest BCUT2D eigenvalue weighted by Crippen LogP contribution is -1.97. The first-order chi connectivity index (χ1) is 10.5. The van der Waals surface area contributed by atoms with Crippen molar-refractivity contribution in [1.29, 1.82) is 0 Å². The zero-order valence-electron chi connectivity index (χ0n) is 11.4. The van der Waals surface area contributed by atoms with Gasteiger partial charge in [0.2, 0.25) is 0 Å². The average molecular weight is 353 g/mol. The number of fused-ring (bicyclic) bond motifs is 1. The lowest BCUT2D eigenvalue weighted by molar-refractivity contribution is -0.384. The predicted molar refractivity (Wildman–Crippen MR) is 89.8 cm³/mol. The number of nitro benzene ring substituents is 1. The van der Waals surface area contributed by atoms with E-state index < -0.39 is 4.92 Å². The fraction of sp³-hybridized carbons (Fsp3) is 0. The second-order valence-corrected chi connectivity index (χ2v) is 4.90. The predicted octanol–water partition coefficient (Wildman–Crippen LogP) is 4.06. The van der Waals surface area contributed by atoms with Crippen molar-refractivity contribution in [2.45, 2.75) is 0 Å². The van der Waals surface area contributed by atoms with Gasteiger partial charge in [-0.1, -0.05) is 11.6 Å². The number of nitrogens with zero attached hydrogens (tertiary/aromatic N) is 3. The number of aromatic hydroxyl groups is 1. The van der Waals surface area contributed by atoms with Crippen molar-refractivity contribution in [3.05, 3.63) is 57.9 Å². The van der Waals surface area contributed by atoms with Gasteiger partial charge >= 0.3 is 0 Å². The maximum atomic E-state index is 10.9. The van der Waals surface area contributed by atoms with Crippen molar-refractivity contribution < 1.29 is 10.0 Å². The zero-order chi connectivity index (χ0) is 15.7. The Hall–Kier alpha value is -2.64. The molecule has 0 atom stereocenters. The molecule has 1 heterocycles. The first-order valence-corrected chi connectivity index (χ1v) is 6.57. The summed E-state index contributed by atoms with van der Waals surface area (Å²) in [5.41, 5.74) is 0.823. The molecule has 118 valence electrons. The molecule has 0 amide bonds. The summed E-state index contributed by atoms with van der Waals surface area (Å²) in [6.45, 7) is 0. The van der Waals surface area contributed by atoms with Gasteiger partial charge in [0.25, 0.3) is 5.69 Å². The van der Waals surface area contributed by atoms with Crippen molar-refractivity contribution in [2.24, 2.45) is 0 Å². The molecule has 3 rings (SSSR count). The van der Waals surface area contributed by atoms with Gasteiger partial charge in [0.1, 0.15) is 17.9 Å². The number of hydrogen-bond donors (Lipinski definition) is 2. The van der Waals surface area contributed by atoms with E-state index in [4.69, 9.17) is 11.6 Å². The second kappa shape index (κ2) is 6.64. The molecule has 9 heteroatoms. The molecule has 0 fully saturated rings. The van der Waals surface area contributed by atoms with Crippen LogP contribution in [0.4, 0.5) is 17.2 Å². The number of hydrogen-bond acceptors (Lipinski definition) is 6. The highest BCUT2D eigenvalue weighted by Crippen LogP contribution is 2.32. The van der Waals surface area contributed by atoms with E-state index in [1.807, 2.05) is 0 Å². The highest BCUT2D eigenvalue weighted by Gasteiger charge is 2.12. The van der Waals surface area contributed by atoms with Crippen LogP contribution in [0.15, 0.2) is 42.7 Å². The lowest BCUT2D eigenvalue weighted by Gasteiger charge is -2.10. The summed E-state index contributed by atoms with van der Waals surface area (Å²) in [5.74, 6) is 0.327. The summed E-state index contributed by atoms with van der Waals surface area (Å²) < 4.78 is 0. The molecule has 2 N–H and O–H groups in total. The van der Waals surface area contributed by atoms with E-state index in [1.54, 1.807) is 6.07 Å². The molecule has 0 spiro atoms. The molecular weight excluding hydrogens is 343 g/mol. The number of nitrogens with one attached hydrogen (secondary N) is 1. The fourth-order valence-electron chi connectivity index (χ4n) is 1.99. The van der Waals surface area contributed by atoms with Crippen LogP contribution in [0.3, 0.4) is 0 Å². The van der Waals surface area contributed by atoms with E-state index in [2.05, 4.69) is 15.3 Å². The molecule has 2 aromatic carbocycles. The maximum Gasteiger partial charge on any atom is 0.270 e. The molecule has 0 aliphatic heterocycles. The Balaban J connectivity index is 0.00000192. The number of nitro groups is 1. The average Bonchev–Trinajstić information content (AvgIpc) is 2.50. The lowest BCUT2D eigenvalue weighted by atomic mass is 10.2. The third kappa shape index (κ3) is 3.41. The molecule has 0 saturated carbocycles. The van der Waals surface area contributed by atoms with Gasteiger partial charge in [0, 0.05) is 22.5 Å². The van der Waals surface area contributed by atoms with Crippen LogP contribution in [0.1, 0.15) is 0 Å². The van der Waals surface area contributed by atoms with Gasteiger partial charge in [0.05, 0.1) is 16.1 Å². The summed E-state index contributed by atoms with van der Waals surface area (Å²) in [5, 5.41) is 24.6. The van der Waals surface area contributed by atoms with Crippen molar-refractivity contribution in [3.63, 3.8) is 0 Å². The summed E-state index contributed by atoms with van der Waals surface area (Å²) in [6, 6.07) is 8.80. The van der Waals surface area contributed by atoms with Crippen LogP contribution in [0.2, 0.25) is 5.02 Å². The molecule has 0 aliphatic rings. The van der Waals surface area contributed by atoms with Crippen LogP contribution in [-0.4, -0.2) is 20.0 Å². The number of halogens is 2. The number of anilines is 2. The Morgan fingerprint density at radius 2 is 1.96 bits per heavy atom. The Morgan fingerprint density at radius 3 is 2.70 bits per heavy atom. The minimum Gasteiger partial charge on any atom is -0.506 e. The fourth-order valence-corrected chi connectivity index (χ4v) is 2.17. The Labute approximate surface area is 141 Å². The van der Waals surface area contributed by atoms with Crippen molar-refractivity contribution >= 4 is 52.1 Å². The summed E-state index contributed by atoms with van der Waals surface area (Å²) in [6.07, 6.45) is 1.33. The third-order valence-corrected chi connectivity index (χ3v) is 3.28. The number of rotatable bonds is 3. The number of phenolic OH excluding ortho intramolecular Hbond substituents is 1. The summed E-state index contributed by atoms with van der Waals surface area (Å²) >= 11 is 5.89. The van der Waals surface area contributed by atoms with Gasteiger partial charge < -0.3 is 10.4 Å². The molecule has 0 radical (unpaired) electrons. The third-order valence-electron chi connectivity index (χ3n) is 3.04. The monoisotopic (exact) mass is 352 g/mol. The molecular formula is C14H10Cl2N4O3.